The van der Waals surface area contributed by atoms with Gasteiger partial charge in [-0.05, 0) is 41.7 Å². The lowest BCUT2D eigenvalue weighted by molar-refractivity contribution is -0.138. The maximum absolute atomic E-state index is 13.4. The molecule has 2 saturated heterocycles. The number of likely N-dealkylation sites (tertiary alicyclic amines) is 1. The first-order valence-corrected chi connectivity index (χ1v) is 10.7. The van der Waals surface area contributed by atoms with Gasteiger partial charge in [0.05, 0.1) is 6.10 Å². The van der Waals surface area contributed by atoms with Crippen LogP contribution in [0.3, 0.4) is 0 Å². The normalized spacial score (nSPS) is 21.3. The number of aromatic nitrogens is 1. The average molecular weight is 421 g/mol. The van der Waals surface area contributed by atoms with Crippen molar-refractivity contribution in [3.05, 3.63) is 65.5 Å². The van der Waals surface area contributed by atoms with E-state index in [0.717, 1.165) is 11.1 Å². The zero-order valence-corrected chi connectivity index (χ0v) is 17.8. The molecule has 31 heavy (non-hydrogen) atoms. The minimum atomic E-state index is -0.798. The first kappa shape index (κ1) is 21.2. The first-order valence-electron chi connectivity index (χ1n) is 10.7. The van der Waals surface area contributed by atoms with Crippen LogP contribution in [0.4, 0.5) is 0 Å². The number of carbonyl (C=O) groups excluding carboxylic acids is 3. The summed E-state index contributed by atoms with van der Waals surface area (Å²) in [5.74, 6) is -0.289. The van der Waals surface area contributed by atoms with E-state index in [-0.39, 0.29) is 30.3 Å². The van der Waals surface area contributed by atoms with Gasteiger partial charge in [-0.2, -0.15) is 0 Å². The Morgan fingerprint density at radius 1 is 1.23 bits per heavy atom. The molecule has 1 aromatic heterocycles. The highest BCUT2D eigenvalue weighted by molar-refractivity contribution is 5.99. The highest BCUT2D eigenvalue weighted by Crippen LogP contribution is 2.28. The Kier molecular flexibility index (Phi) is 6.13. The Morgan fingerprint density at radius 2 is 2.00 bits per heavy atom. The van der Waals surface area contributed by atoms with Crippen LogP contribution in [0.25, 0.3) is 0 Å². The standard InChI is InChI=1S/C24H27N3O4/c1-15(2)17-5-7-18(8-6-17)23(29)26-19(12-16-4-3-10-25-13-16)24(30)27-11-9-21-22(27)20(28)14-31-21/h3-8,10,13,15,19,21-22H,9,11-12,14H2,1-2H3,(H,26,29). The highest BCUT2D eigenvalue weighted by Gasteiger charge is 2.48. The lowest BCUT2D eigenvalue weighted by atomic mass is 10.0. The Balaban J connectivity index is 1.54. The van der Waals surface area contributed by atoms with E-state index in [2.05, 4.69) is 24.1 Å². The third-order valence-electron chi connectivity index (χ3n) is 6.00. The molecule has 3 heterocycles. The summed E-state index contributed by atoms with van der Waals surface area (Å²) in [7, 11) is 0. The van der Waals surface area contributed by atoms with Crippen molar-refractivity contribution in [3.8, 4) is 0 Å². The molecule has 3 unspecified atom stereocenters. The highest BCUT2D eigenvalue weighted by atomic mass is 16.5. The number of benzene rings is 1. The van der Waals surface area contributed by atoms with E-state index in [4.69, 9.17) is 4.74 Å². The van der Waals surface area contributed by atoms with Gasteiger partial charge in [0.15, 0.2) is 5.78 Å². The quantitative estimate of drug-likeness (QED) is 0.772. The van der Waals surface area contributed by atoms with Crippen molar-refractivity contribution >= 4 is 17.6 Å². The number of rotatable bonds is 6. The number of hydrogen-bond acceptors (Lipinski definition) is 5. The summed E-state index contributed by atoms with van der Waals surface area (Å²) in [6.07, 6.45) is 4.03. The monoisotopic (exact) mass is 421 g/mol. The maximum atomic E-state index is 13.4. The molecule has 2 aliphatic rings. The van der Waals surface area contributed by atoms with Crippen LogP contribution in [-0.4, -0.2) is 58.8 Å². The molecule has 0 bridgehead atoms. The number of ether oxygens (including phenoxy) is 1. The topological polar surface area (TPSA) is 88.6 Å². The number of ketones is 1. The molecule has 0 saturated carbocycles. The van der Waals surface area contributed by atoms with Crippen molar-refractivity contribution in [3.63, 3.8) is 0 Å². The van der Waals surface area contributed by atoms with Crippen LogP contribution in [-0.2, 0) is 20.7 Å². The number of hydrogen-bond donors (Lipinski definition) is 1. The third-order valence-corrected chi connectivity index (χ3v) is 6.00. The molecule has 1 N–H and O–H groups in total. The summed E-state index contributed by atoms with van der Waals surface area (Å²) in [6.45, 7) is 4.67. The van der Waals surface area contributed by atoms with Crippen LogP contribution in [0, 0.1) is 0 Å². The first-order chi connectivity index (χ1) is 14.9. The Morgan fingerprint density at radius 3 is 2.68 bits per heavy atom. The molecule has 0 aliphatic carbocycles. The van der Waals surface area contributed by atoms with E-state index in [1.165, 1.54) is 0 Å². The van der Waals surface area contributed by atoms with Gasteiger partial charge in [0.1, 0.15) is 18.7 Å². The minimum Gasteiger partial charge on any atom is -0.368 e. The molecule has 7 nitrogen and oxygen atoms in total. The molecule has 2 amide bonds. The number of nitrogens with one attached hydrogen (secondary N) is 1. The Labute approximate surface area is 181 Å². The van der Waals surface area contributed by atoms with Crippen LogP contribution in [0.15, 0.2) is 48.8 Å². The second-order valence-electron chi connectivity index (χ2n) is 8.45. The zero-order valence-electron chi connectivity index (χ0n) is 17.8. The fraction of sp³-hybridized carbons (Fsp3) is 0.417. The van der Waals surface area contributed by atoms with Crippen LogP contribution < -0.4 is 5.32 Å². The molecule has 162 valence electrons. The van der Waals surface area contributed by atoms with Crippen LogP contribution in [0.2, 0.25) is 0 Å². The molecule has 0 spiro atoms. The predicted octanol–water partition coefficient (Wildman–Crippen LogP) is 2.11. The summed E-state index contributed by atoms with van der Waals surface area (Å²) < 4.78 is 5.51. The van der Waals surface area contributed by atoms with E-state index in [1.807, 2.05) is 18.2 Å². The number of Topliss-reactive ketones (excluding diaryl/α,β-unsaturated/α-hetero) is 1. The van der Waals surface area contributed by atoms with E-state index < -0.39 is 12.1 Å². The van der Waals surface area contributed by atoms with Crippen molar-refractivity contribution in [2.75, 3.05) is 13.2 Å². The van der Waals surface area contributed by atoms with Crippen molar-refractivity contribution in [1.82, 2.24) is 15.2 Å². The van der Waals surface area contributed by atoms with Gasteiger partial charge in [0, 0.05) is 30.9 Å². The summed E-state index contributed by atoms with van der Waals surface area (Å²) in [5, 5.41) is 2.89. The molecule has 2 aromatic rings. The summed E-state index contributed by atoms with van der Waals surface area (Å²) in [6, 6.07) is 9.72. The fourth-order valence-electron chi connectivity index (χ4n) is 4.26. The van der Waals surface area contributed by atoms with Gasteiger partial charge in [-0.1, -0.05) is 32.0 Å². The van der Waals surface area contributed by atoms with E-state index in [9.17, 15) is 14.4 Å². The van der Waals surface area contributed by atoms with Crippen molar-refractivity contribution < 1.29 is 19.1 Å². The van der Waals surface area contributed by atoms with Crippen LogP contribution in [0.5, 0.6) is 0 Å². The SMILES string of the molecule is CC(C)c1ccc(C(=O)NC(Cc2cccnc2)C(=O)N2CCC3OCC(=O)C32)cc1. The molecule has 3 atom stereocenters. The van der Waals surface area contributed by atoms with E-state index in [0.29, 0.717) is 30.9 Å². The van der Waals surface area contributed by atoms with Gasteiger partial charge in [-0.25, -0.2) is 0 Å². The van der Waals surface area contributed by atoms with Gasteiger partial charge in [-0.15, -0.1) is 0 Å². The molecule has 2 aliphatic heterocycles. The molecular weight excluding hydrogens is 394 g/mol. The van der Waals surface area contributed by atoms with E-state index in [1.54, 1.807) is 35.5 Å². The molecular formula is C24H27N3O4. The largest absolute Gasteiger partial charge is 0.368 e. The molecule has 1 aromatic carbocycles. The molecule has 7 heteroatoms. The lowest BCUT2D eigenvalue weighted by Gasteiger charge is -2.27. The summed E-state index contributed by atoms with van der Waals surface area (Å²) in [5.41, 5.74) is 2.47. The lowest BCUT2D eigenvalue weighted by Crippen LogP contribution is -2.53. The second-order valence-corrected chi connectivity index (χ2v) is 8.45. The van der Waals surface area contributed by atoms with Crippen molar-refractivity contribution in [2.24, 2.45) is 0 Å². The molecule has 0 radical (unpaired) electrons. The minimum absolute atomic E-state index is 0.0426. The van der Waals surface area contributed by atoms with Gasteiger partial charge in [-0.3, -0.25) is 19.4 Å². The number of nitrogens with zero attached hydrogens (tertiary/aromatic N) is 2. The molecule has 4 rings (SSSR count). The van der Waals surface area contributed by atoms with Gasteiger partial charge < -0.3 is 15.0 Å². The molecule has 2 fully saturated rings. The maximum Gasteiger partial charge on any atom is 0.251 e. The van der Waals surface area contributed by atoms with Gasteiger partial charge in [0.2, 0.25) is 5.91 Å². The smallest absolute Gasteiger partial charge is 0.251 e. The number of fused-ring (bicyclic) bond motifs is 1. The summed E-state index contributed by atoms with van der Waals surface area (Å²) >= 11 is 0. The summed E-state index contributed by atoms with van der Waals surface area (Å²) in [4.78, 5) is 44.3. The van der Waals surface area contributed by atoms with Crippen LogP contribution in [0.1, 0.15) is 47.7 Å². The van der Waals surface area contributed by atoms with Crippen molar-refractivity contribution in [1.29, 1.82) is 0 Å². The Hall–Kier alpha value is -3.06. The van der Waals surface area contributed by atoms with Crippen molar-refractivity contribution in [2.45, 2.75) is 50.8 Å². The average Bonchev–Trinajstić information content (AvgIpc) is 3.36. The van der Waals surface area contributed by atoms with Crippen LogP contribution >= 0.6 is 0 Å². The van der Waals surface area contributed by atoms with E-state index >= 15 is 0 Å². The zero-order chi connectivity index (χ0) is 22.0. The third kappa shape index (κ3) is 4.51. The predicted molar refractivity (Wildman–Crippen MR) is 115 cm³/mol. The number of pyridine rings is 1. The van der Waals surface area contributed by atoms with Gasteiger partial charge >= 0.3 is 0 Å². The Bertz CT molecular complexity index is 959. The number of amides is 2. The number of carbonyl (C=O) groups is 3. The van der Waals surface area contributed by atoms with Gasteiger partial charge in [0.25, 0.3) is 5.91 Å². The second kappa shape index (κ2) is 8.98. The fourth-order valence-corrected chi connectivity index (χ4v) is 4.26.